The van der Waals surface area contributed by atoms with E-state index < -0.39 is 0 Å². The van der Waals surface area contributed by atoms with Crippen molar-refractivity contribution in [2.24, 2.45) is 4.99 Å². The van der Waals surface area contributed by atoms with Crippen molar-refractivity contribution in [1.82, 2.24) is 5.32 Å². The highest BCUT2D eigenvalue weighted by atomic mass is 35.5. The van der Waals surface area contributed by atoms with Crippen LogP contribution in [0, 0.1) is 0 Å². The molecule has 0 aromatic heterocycles. The summed E-state index contributed by atoms with van der Waals surface area (Å²) in [5, 5.41) is 3.50. The SMILES string of the molecule is COc1ccc(C2=Nc3ccccc3N(CC(=O)NCc3ccc(Cl)cc3)C(=O)C2)cc1. The number of halogens is 1. The summed E-state index contributed by atoms with van der Waals surface area (Å²) < 4.78 is 5.21. The van der Waals surface area contributed by atoms with Gasteiger partial charge in [0.25, 0.3) is 0 Å². The number of fused-ring (bicyclic) bond motifs is 1. The van der Waals surface area contributed by atoms with Gasteiger partial charge in [-0.05, 0) is 59.7 Å². The van der Waals surface area contributed by atoms with E-state index in [1.165, 1.54) is 4.90 Å². The molecule has 162 valence electrons. The Balaban J connectivity index is 1.52. The maximum atomic E-state index is 13.2. The van der Waals surface area contributed by atoms with E-state index in [9.17, 15) is 9.59 Å². The fraction of sp³-hybridized carbons (Fsp3) is 0.160. The van der Waals surface area contributed by atoms with Gasteiger partial charge in [-0.2, -0.15) is 0 Å². The number of anilines is 1. The fourth-order valence-corrected chi connectivity index (χ4v) is 3.60. The van der Waals surface area contributed by atoms with Crippen LogP contribution in [0.2, 0.25) is 5.02 Å². The first-order chi connectivity index (χ1) is 15.5. The number of aliphatic imine (C=N–C) groups is 1. The Labute approximate surface area is 191 Å². The molecule has 0 radical (unpaired) electrons. The second kappa shape index (κ2) is 9.66. The van der Waals surface area contributed by atoms with E-state index in [0.29, 0.717) is 28.7 Å². The van der Waals surface area contributed by atoms with E-state index in [1.54, 1.807) is 25.3 Å². The minimum atomic E-state index is -0.254. The lowest BCUT2D eigenvalue weighted by atomic mass is 10.1. The van der Waals surface area contributed by atoms with Crippen LogP contribution in [-0.2, 0) is 16.1 Å². The number of carbonyl (C=O) groups is 2. The molecule has 2 amide bonds. The fourth-order valence-electron chi connectivity index (χ4n) is 3.47. The summed E-state index contributed by atoms with van der Waals surface area (Å²) in [5.41, 5.74) is 3.67. The highest BCUT2D eigenvalue weighted by Gasteiger charge is 2.26. The van der Waals surface area contributed by atoms with Gasteiger partial charge in [0.15, 0.2) is 0 Å². The normalized spacial score (nSPS) is 13.1. The van der Waals surface area contributed by atoms with Crippen molar-refractivity contribution in [3.8, 4) is 5.75 Å². The average Bonchev–Trinajstić information content (AvgIpc) is 2.95. The van der Waals surface area contributed by atoms with Crippen molar-refractivity contribution in [2.75, 3.05) is 18.6 Å². The minimum absolute atomic E-state index is 0.0884. The Morgan fingerprint density at radius 2 is 1.78 bits per heavy atom. The monoisotopic (exact) mass is 447 g/mol. The van der Waals surface area contributed by atoms with Crippen LogP contribution in [0.5, 0.6) is 5.75 Å². The molecule has 0 saturated carbocycles. The van der Waals surface area contributed by atoms with E-state index in [1.807, 2.05) is 54.6 Å². The van der Waals surface area contributed by atoms with Crippen LogP contribution in [0.15, 0.2) is 77.8 Å². The molecule has 0 atom stereocenters. The highest BCUT2D eigenvalue weighted by Crippen LogP contribution is 2.33. The van der Waals surface area contributed by atoms with Crippen LogP contribution in [0.4, 0.5) is 11.4 Å². The maximum absolute atomic E-state index is 13.2. The Hall–Kier alpha value is -3.64. The average molecular weight is 448 g/mol. The topological polar surface area (TPSA) is 71.0 Å². The van der Waals surface area contributed by atoms with Crippen LogP contribution in [0.3, 0.4) is 0 Å². The number of nitrogens with one attached hydrogen (secondary N) is 1. The summed E-state index contributed by atoms with van der Waals surface area (Å²) in [6.07, 6.45) is 0.0888. The number of ether oxygens (including phenoxy) is 1. The number of rotatable bonds is 6. The van der Waals surface area contributed by atoms with Gasteiger partial charge in [0.1, 0.15) is 12.3 Å². The van der Waals surface area contributed by atoms with Gasteiger partial charge in [-0.15, -0.1) is 0 Å². The van der Waals surface area contributed by atoms with E-state index >= 15 is 0 Å². The van der Waals surface area contributed by atoms with Gasteiger partial charge in [-0.1, -0.05) is 35.9 Å². The highest BCUT2D eigenvalue weighted by molar-refractivity contribution is 6.30. The first-order valence-corrected chi connectivity index (χ1v) is 10.5. The smallest absolute Gasteiger partial charge is 0.240 e. The molecule has 0 aliphatic carbocycles. The zero-order valence-corrected chi connectivity index (χ0v) is 18.3. The molecule has 1 aliphatic rings. The number of carbonyl (C=O) groups excluding carboxylic acids is 2. The van der Waals surface area contributed by atoms with Crippen molar-refractivity contribution in [2.45, 2.75) is 13.0 Å². The van der Waals surface area contributed by atoms with Crippen molar-refractivity contribution < 1.29 is 14.3 Å². The first-order valence-electron chi connectivity index (χ1n) is 10.2. The molecule has 32 heavy (non-hydrogen) atoms. The second-order valence-electron chi connectivity index (χ2n) is 7.34. The van der Waals surface area contributed by atoms with Gasteiger partial charge in [0.2, 0.25) is 11.8 Å². The number of benzene rings is 3. The third kappa shape index (κ3) is 4.98. The molecule has 0 unspecified atom stereocenters. The molecule has 3 aromatic rings. The maximum Gasteiger partial charge on any atom is 0.240 e. The van der Waals surface area contributed by atoms with Gasteiger partial charge in [-0.3, -0.25) is 14.6 Å². The van der Waals surface area contributed by atoms with Crippen LogP contribution in [0.25, 0.3) is 0 Å². The lowest BCUT2D eigenvalue weighted by Crippen LogP contribution is -2.41. The van der Waals surface area contributed by atoms with E-state index in [0.717, 1.165) is 16.9 Å². The quantitative estimate of drug-likeness (QED) is 0.603. The molecule has 1 N–H and O–H groups in total. The second-order valence-corrected chi connectivity index (χ2v) is 7.77. The lowest BCUT2D eigenvalue weighted by molar-refractivity contribution is -0.123. The van der Waals surface area contributed by atoms with Crippen LogP contribution < -0.4 is 15.0 Å². The standard InChI is InChI=1S/C25H22ClN3O3/c1-32-20-12-8-18(9-13-20)22-14-25(31)29(23-5-3-2-4-21(23)28-22)16-24(30)27-15-17-6-10-19(26)11-7-17/h2-13H,14-16H2,1H3,(H,27,30). The van der Waals surface area contributed by atoms with Gasteiger partial charge in [-0.25, -0.2) is 0 Å². The van der Waals surface area contributed by atoms with E-state index in [2.05, 4.69) is 5.32 Å². The summed E-state index contributed by atoms with van der Waals surface area (Å²) in [7, 11) is 1.60. The molecular formula is C25H22ClN3O3. The van der Waals surface area contributed by atoms with Gasteiger partial charge < -0.3 is 15.0 Å². The number of hydrogen-bond acceptors (Lipinski definition) is 4. The third-order valence-electron chi connectivity index (χ3n) is 5.18. The third-order valence-corrected chi connectivity index (χ3v) is 5.43. The van der Waals surface area contributed by atoms with E-state index in [-0.39, 0.29) is 24.8 Å². The largest absolute Gasteiger partial charge is 0.497 e. The van der Waals surface area contributed by atoms with E-state index in [4.69, 9.17) is 21.3 Å². The zero-order valence-electron chi connectivity index (χ0n) is 17.5. The van der Waals surface area contributed by atoms with Crippen LogP contribution >= 0.6 is 11.6 Å². The number of hydrogen-bond donors (Lipinski definition) is 1. The van der Waals surface area contributed by atoms with Crippen LogP contribution in [0.1, 0.15) is 17.5 Å². The Morgan fingerprint density at radius 1 is 1.06 bits per heavy atom. The zero-order chi connectivity index (χ0) is 22.5. The molecule has 0 spiro atoms. The predicted octanol–water partition coefficient (Wildman–Crippen LogP) is 4.52. The molecule has 3 aromatic carbocycles. The summed E-state index contributed by atoms with van der Waals surface area (Å²) in [5.74, 6) is 0.288. The molecule has 4 rings (SSSR count). The van der Waals surface area contributed by atoms with Crippen LogP contribution in [-0.4, -0.2) is 31.2 Å². The van der Waals surface area contributed by atoms with Crippen molar-refractivity contribution in [3.63, 3.8) is 0 Å². The Kier molecular flexibility index (Phi) is 6.52. The summed E-state index contributed by atoms with van der Waals surface area (Å²) in [6.45, 7) is 0.266. The molecule has 0 bridgehead atoms. The molecule has 1 heterocycles. The Bertz CT molecular complexity index is 1160. The molecule has 0 saturated heterocycles. The number of amides is 2. The van der Waals surface area contributed by atoms with Crippen molar-refractivity contribution in [3.05, 3.63) is 88.9 Å². The number of para-hydroxylation sites is 2. The molecule has 7 heteroatoms. The summed E-state index contributed by atoms with van der Waals surface area (Å²) in [6, 6.07) is 22.0. The predicted molar refractivity (Wildman–Crippen MR) is 126 cm³/mol. The molecule has 1 aliphatic heterocycles. The Morgan fingerprint density at radius 3 is 2.50 bits per heavy atom. The lowest BCUT2D eigenvalue weighted by Gasteiger charge is -2.22. The van der Waals surface area contributed by atoms with Crippen molar-refractivity contribution >= 4 is 40.5 Å². The molecular weight excluding hydrogens is 426 g/mol. The van der Waals surface area contributed by atoms with Gasteiger partial charge in [0.05, 0.1) is 30.6 Å². The molecule has 6 nitrogen and oxygen atoms in total. The molecule has 0 fully saturated rings. The summed E-state index contributed by atoms with van der Waals surface area (Å²) in [4.78, 5) is 32.1. The van der Waals surface area contributed by atoms with Crippen molar-refractivity contribution in [1.29, 1.82) is 0 Å². The summed E-state index contributed by atoms with van der Waals surface area (Å²) >= 11 is 5.91. The number of nitrogens with zero attached hydrogens (tertiary/aromatic N) is 2. The van der Waals surface area contributed by atoms with Gasteiger partial charge in [0, 0.05) is 11.6 Å². The van der Waals surface area contributed by atoms with Gasteiger partial charge >= 0.3 is 0 Å². The number of methoxy groups -OCH3 is 1. The minimum Gasteiger partial charge on any atom is -0.497 e. The first kappa shape index (κ1) is 21.6.